The lowest BCUT2D eigenvalue weighted by molar-refractivity contribution is -0.142. The van der Waals surface area contributed by atoms with E-state index in [0.29, 0.717) is 25.2 Å². The number of ether oxygens (including phenoxy) is 1. The number of nitrogens with one attached hydrogen (secondary N) is 2. The van der Waals surface area contributed by atoms with E-state index >= 15 is 0 Å². The van der Waals surface area contributed by atoms with E-state index in [1.165, 1.54) is 39.2 Å². The van der Waals surface area contributed by atoms with Gasteiger partial charge in [-0.1, -0.05) is 95.5 Å². The van der Waals surface area contributed by atoms with Crippen LogP contribution in [0.1, 0.15) is 103 Å². The number of hydrogen-bond donors (Lipinski definition) is 3. The fourth-order valence-corrected chi connectivity index (χ4v) is 5.33. The zero-order valence-corrected chi connectivity index (χ0v) is 23.8. The molecule has 3 N–H and O–H groups in total. The average molecular weight is 531 g/mol. The normalized spacial score (nSPS) is 17.2. The summed E-state index contributed by atoms with van der Waals surface area (Å²) < 4.78 is 4.65. The van der Waals surface area contributed by atoms with Crippen LogP contribution in [0.5, 0.6) is 0 Å². The Morgan fingerprint density at radius 3 is 2.39 bits per heavy atom. The fraction of sp³-hybridized carbons (Fsp3) is 0.710. The van der Waals surface area contributed by atoms with Gasteiger partial charge in [0.25, 0.3) is 0 Å². The zero-order chi connectivity index (χ0) is 27.8. The molecular formula is C31H50N2O5. The summed E-state index contributed by atoms with van der Waals surface area (Å²) >= 11 is 0. The van der Waals surface area contributed by atoms with Gasteiger partial charge in [0.15, 0.2) is 0 Å². The molecule has 0 heterocycles. The number of carbonyl (C=O) groups excluding carboxylic acids is 3. The van der Waals surface area contributed by atoms with Crippen LogP contribution in [0.25, 0.3) is 0 Å². The predicted molar refractivity (Wildman–Crippen MR) is 150 cm³/mol. The second-order valence-electron chi connectivity index (χ2n) is 11.2. The molecule has 4 atom stereocenters. The molecule has 214 valence electrons. The molecule has 0 radical (unpaired) electrons. The van der Waals surface area contributed by atoms with Gasteiger partial charge in [-0.05, 0) is 36.7 Å². The van der Waals surface area contributed by atoms with Crippen LogP contribution in [0, 0.1) is 11.8 Å². The number of amides is 2. The second kappa shape index (κ2) is 18.0. The first kappa shape index (κ1) is 31.8. The molecule has 0 aromatic heterocycles. The lowest BCUT2D eigenvalue weighted by Crippen LogP contribution is -2.48. The van der Waals surface area contributed by atoms with Gasteiger partial charge in [0, 0.05) is 18.9 Å². The lowest BCUT2D eigenvalue weighted by atomic mass is 9.85. The summed E-state index contributed by atoms with van der Waals surface area (Å²) in [5.74, 6) is 0.358. The number of aliphatic hydroxyl groups excluding tert-OH is 1. The molecule has 1 aromatic rings. The van der Waals surface area contributed by atoms with Gasteiger partial charge < -0.3 is 20.5 Å². The first-order valence-electron chi connectivity index (χ1n) is 14.7. The predicted octanol–water partition coefficient (Wildman–Crippen LogP) is 5.09. The number of carbonyl (C=O) groups is 3. The molecule has 3 unspecified atom stereocenters. The monoisotopic (exact) mass is 530 g/mol. The summed E-state index contributed by atoms with van der Waals surface area (Å²) in [6.07, 6.45) is 10.9. The third kappa shape index (κ3) is 12.9. The third-order valence-electron chi connectivity index (χ3n) is 7.90. The summed E-state index contributed by atoms with van der Waals surface area (Å²) in [5, 5.41) is 17.5. The van der Waals surface area contributed by atoms with Crippen LogP contribution in [-0.2, 0) is 25.5 Å². The number of esters is 1. The Kier molecular flexibility index (Phi) is 15.0. The van der Waals surface area contributed by atoms with Crippen LogP contribution in [0.2, 0.25) is 0 Å². The van der Waals surface area contributed by atoms with Crippen LogP contribution >= 0.6 is 0 Å². The molecule has 1 aliphatic carbocycles. The number of aliphatic hydroxyl groups is 1. The summed E-state index contributed by atoms with van der Waals surface area (Å²) in [6.45, 7) is 4.16. The maximum atomic E-state index is 12.8. The zero-order valence-electron chi connectivity index (χ0n) is 23.8. The standard InChI is InChI=1S/C31H50N2O5/c1-4-23(2)20-30(36)32-26(17-11-16-24-12-7-5-8-13-24)22-28(34)27(21-25-14-9-6-10-15-25)33-29(35)18-19-31(37)38-3/h6,9-10,14-15,23-24,26-28,34H,4-5,7-8,11-13,16-22H2,1-3H3,(H,32,36)(H,33,35)/t23?,26?,27?,28-/m0/s1. The van der Waals surface area contributed by atoms with E-state index in [9.17, 15) is 19.5 Å². The van der Waals surface area contributed by atoms with Crippen molar-refractivity contribution < 1.29 is 24.2 Å². The van der Waals surface area contributed by atoms with Gasteiger partial charge in [-0.25, -0.2) is 0 Å². The van der Waals surface area contributed by atoms with E-state index in [0.717, 1.165) is 37.2 Å². The highest BCUT2D eigenvalue weighted by molar-refractivity contribution is 5.81. The van der Waals surface area contributed by atoms with Crippen molar-refractivity contribution in [3.63, 3.8) is 0 Å². The van der Waals surface area contributed by atoms with Gasteiger partial charge >= 0.3 is 5.97 Å². The Bertz CT molecular complexity index is 825. The van der Waals surface area contributed by atoms with E-state index in [4.69, 9.17) is 0 Å². The topological polar surface area (TPSA) is 105 Å². The van der Waals surface area contributed by atoms with Gasteiger partial charge in [0.05, 0.1) is 25.7 Å². The molecule has 0 bridgehead atoms. The summed E-state index contributed by atoms with van der Waals surface area (Å²) in [6, 6.07) is 9.04. The molecule has 1 fully saturated rings. The number of rotatable bonds is 17. The van der Waals surface area contributed by atoms with Crippen molar-refractivity contribution in [1.29, 1.82) is 0 Å². The SMILES string of the molecule is CCC(C)CC(=O)NC(CCCC1CCCCC1)C[C@H](O)C(Cc1ccccc1)NC(=O)CCC(=O)OC. The van der Waals surface area contributed by atoms with Gasteiger partial charge in [0.1, 0.15) is 0 Å². The Hall–Kier alpha value is -2.41. The molecule has 2 rings (SSSR count). The van der Waals surface area contributed by atoms with Crippen LogP contribution in [0.15, 0.2) is 30.3 Å². The molecule has 0 aliphatic heterocycles. The second-order valence-corrected chi connectivity index (χ2v) is 11.2. The number of benzene rings is 1. The van der Waals surface area contributed by atoms with Crippen molar-refractivity contribution in [2.45, 2.75) is 122 Å². The van der Waals surface area contributed by atoms with E-state index in [2.05, 4.69) is 29.2 Å². The van der Waals surface area contributed by atoms with Crippen molar-refractivity contribution in [2.75, 3.05) is 7.11 Å². The highest BCUT2D eigenvalue weighted by Crippen LogP contribution is 2.28. The Labute approximate surface area is 229 Å². The summed E-state index contributed by atoms with van der Waals surface area (Å²) in [4.78, 5) is 36.9. The van der Waals surface area contributed by atoms with Crippen molar-refractivity contribution in [1.82, 2.24) is 10.6 Å². The van der Waals surface area contributed by atoms with E-state index in [1.807, 2.05) is 30.3 Å². The molecular weight excluding hydrogens is 480 g/mol. The minimum Gasteiger partial charge on any atom is -0.469 e. The Morgan fingerprint density at radius 2 is 1.74 bits per heavy atom. The van der Waals surface area contributed by atoms with E-state index < -0.39 is 18.1 Å². The van der Waals surface area contributed by atoms with Crippen molar-refractivity contribution in [2.24, 2.45) is 11.8 Å². The fourth-order valence-electron chi connectivity index (χ4n) is 5.33. The molecule has 0 spiro atoms. The Morgan fingerprint density at radius 1 is 1.03 bits per heavy atom. The van der Waals surface area contributed by atoms with Gasteiger partial charge in [0.2, 0.25) is 11.8 Å². The van der Waals surface area contributed by atoms with Crippen LogP contribution < -0.4 is 10.6 Å². The number of hydrogen-bond acceptors (Lipinski definition) is 5. The summed E-state index contributed by atoms with van der Waals surface area (Å²) in [7, 11) is 1.30. The van der Waals surface area contributed by atoms with Crippen molar-refractivity contribution in [3.8, 4) is 0 Å². The number of methoxy groups -OCH3 is 1. The minimum atomic E-state index is -0.846. The lowest BCUT2D eigenvalue weighted by Gasteiger charge is -2.29. The smallest absolute Gasteiger partial charge is 0.306 e. The molecule has 0 saturated heterocycles. The maximum absolute atomic E-state index is 12.8. The summed E-state index contributed by atoms with van der Waals surface area (Å²) in [5.41, 5.74) is 1.000. The van der Waals surface area contributed by atoms with Crippen LogP contribution in [0.3, 0.4) is 0 Å². The minimum absolute atomic E-state index is 0.00113. The highest BCUT2D eigenvalue weighted by atomic mass is 16.5. The molecule has 1 aliphatic rings. The van der Waals surface area contributed by atoms with Crippen LogP contribution in [-0.4, -0.2) is 48.2 Å². The molecule has 2 amide bonds. The van der Waals surface area contributed by atoms with E-state index in [1.54, 1.807) is 0 Å². The largest absolute Gasteiger partial charge is 0.469 e. The average Bonchev–Trinajstić information content (AvgIpc) is 2.92. The first-order chi connectivity index (χ1) is 18.3. The molecule has 7 nitrogen and oxygen atoms in total. The molecule has 38 heavy (non-hydrogen) atoms. The van der Waals surface area contributed by atoms with Gasteiger partial charge in [-0.15, -0.1) is 0 Å². The highest BCUT2D eigenvalue weighted by Gasteiger charge is 2.27. The van der Waals surface area contributed by atoms with E-state index in [-0.39, 0.29) is 30.7 Å². The molecule has 1 aromatic carbocycles. The first-order valence-corrected chi connectivity index (χ1v) is 14.7. The third-order valence-corrected chi connectivity index (χ3v) is 7.90. The maximum Gasteiger partial charge on any atom is 0.306 e. The molecule has 1 saturated carbocycles. The van der Waals surface area contributed by atoms with Gasteiger partial charge in [-0.3, -0.25) is 14.4 Å². The molecule has 7 heteroatoms. The van der Waals surface area contributed by atoms with Crippen molar-refractivity contribution in [3.05, 3.63) is 35.9 Å². The van der Waals surface area contributed by atoms with Crippen molar-refractivity contribution >= 4 is 17.8 Å². The Balaban J connectivity index is 2.06. The van der Waals surface area contributed by atoms with Crippen LogP contribution in [0.4, 0.5) is 0 Å². The quantitative estimate of drug-likeness (QED) is 0.243. The van der Waals surface area contributed by atoms with Gasteiger partial charge in [-0.2, -0.15) is 0 Å².